The van der Waals surface area contributed by atoms with Gasteiger partial charge in [0.2, 0.25) is 0 Å². The van der Waals surface area contributed by atoms with Gasteiger partial charge in [0.1, 0.15) is 0 Å². The van der Waals surface area contributed by atoms with Gasteiger partial charge in [-0.15, -0.1) is 0 Å². The molecule has 3 aliphatic carbocycles. The molecule has 0 aromatic carbocycles. The van der Waals surface area contributed by atoms with Crippen LogP contribution in [0.15, 0.2) is 0 Å². The fourth-order valence-corrected chi connectivity index (χ4v) is 3.52. The Morgan fingerprint density at radius 3 is 2.67 bits per heavy atom. The normalized spacial score (nSPS) is 32.6. The van der Waals surface area contributed by atoms with Crippen LogP contribution in [0.4, 0.5) is 4.79 Å². The standard InChI is InChI=1S/C14H24N2O2/c1-3-18-12-9-11(14(12)7-4-8-14)15-13(17)16(2)10-5-6-10/h10-12H,3-9H2,1-2H3,(H,15,17)/t11-,12+/m1/s1. The molecule has 0 radical (unpaired) electrons. The predicted molar refractivity (Wildman–Crippen MR) is 69.4 cm³/mol. The molecule has 0 heterocycles. The van der Waals surface area contributed by atoms with Crippen molar-refractivity contribution >= 4 is 6.03 Å². The molecular weight excluding hydrogens is 228 g/mol. The highest BCUT2D eigenvalue weighted by atomic mass is 16.5. The number of urea groups is 1. The van der Waals surface area contributed by atoms with E-state index in [1.54, 1.807) is 0 Å². The van der Waals surface area contributed by atoms with Gasteiger partial charge in [0.15, 0.2) is 0 Å². The molecule has 2 amide bonds. The molecule has 1 N–H and O–H groups in total. The molecule has 18 heavy (non-hydrogen) atoms. The molecule has 4 heteroatoms. The monoisotopic (exact) mass is 252 g/mol. The topological polar surface area (TPSA) is 41.6 Å². The van der Waals surface area contributed by atoms with E-state index < -0.39 is 0 Å². The van der Waals surface area contributed by atoms with Gasteiger partial charge in [-0.3, -0.25) is 0 Å². The molecule has 3 saturated carbocycles. The van der Waals surface area contributed by atoms with E-state index in [1.807, 2.05) is 11.9 Å². The molecule has 0 bridgehead atoms. The van der Waals surface area contributed by atoms with Crippen molar-refractivity contribution in [1.29, 1.82) is 0 Å². The van der Waals surface area contributed by atoms with Crippen LogP contribution in [0.5, 0.6) is 0 Å². The Balaban J connectivity index is 1.55. The second-order valence-electron chi connectivity index (χ2n) is 6.11. The molecule has 0 aliphatic heterocycles. The van der Waals surface area contributed by atoms with Crippen LogP contribution in [0.3, 0.4) is 0 Å². The highest BCUT2D eigenvalue weighted by Crippen LogP contribution is 2.57. The minimum Gasteiger partial charge on any atom is -0.378 e. The van der Waals surface area contributed by atoms with E-state index in [0.29, 0.717) is 18.2 Å². The summed E-state index contributed by atoms with van der Waals surface area (Å²) < 4.78 is 5.80. The zero-order valence-electron chi connectivity index (χ0n) is 11.4. The second-order valence-corrected chi connectivity index (χ2v) is 6.11. The number of nitrogens with one attached hydrogen (secondary N) is 1. The summed E-state index contributed by atoms with van der Waals surface area (Å²) in [5.74, 6) is 0. The molecule has 0 aromatic heterocycles. The van der Waals surface area contributed by atoms with E-state index >= 15 is 0 Å². The Kier molecular flexibility index (Phi) is 3.00. The van der Waals surface area contributed by atoms with E-state index in [0.717, 1.165) is 13.0 Å². The zero-order valence-corrected chi connectivity index (χ0v) is 11.4. The molecule has 4 nitrogen and oxygen atoms in total. The minimum absolute atomic E-state index is 0.115. The van der Waals surface area contributed by atoms with Gasteiger partial charge in [0, 0.05) is 31.2 Å². The Hall–Kier alpha value is -0.770. The van der Waals surface area contributed by atoms with Crippen molar-refractivity contribution in [3.8, 4) is 0 Å². The third-order valence-corrected chi connectivity index (χ3v) is 5.15. The summed E-state index contributed by atoms with van der Waals surface area (Å²) >= 11 is 0. The number of rotatable bonds is 4. The van der Waals surface area contributed by atoms with E-state index in [9.17, 15) is 4.79 Å². The van der Waals surface area contributed by atoms with Gasteiger partial charge < -0.3 is 15.0 Å². The van der Waals surface area contributed by atoms with Gasteiger partial charge in [-0.1, -0.05) is 6.42 Å². The quantitative estimate of drug-likeness (QED) is 0.833. The van der Waals surface area contributed by atoms with Gasteiger partial charge in [-0.05, 0) is 39.0 Å². The summed E-state index contributed by atoms with van der Waals surface area (Å²) in [6.07, 6.45) is 7.44. The predicted octanol–water partition coefficient (Wildman–Crippen LogP) is 2.14. The summed E-state index contributed by atoms with van der Waals surface area (Å²) in [5.41, 5.74) is 0.274. The third kappa shape index (κ3) is 1.81. The van der Waals surface area contributed by atoms with Crippen molar-refractivity contribution in [2.45, 2.75) is 63.6 Å². The van der Waals surface area contributed by atoms with Gasteiger partial charge in [0.05, 0.1) is 6.10 Å². The van der Waals surface area contributed by atoms with Crippen LogP contribution in [0.1, 0.15) is 45.4 Å². The van der Waals surface area contributed by atoms with Gasteiger partial charge in [-0.25, -0.2) is 4.79 Å². The number of ether oxygens (including phenoxy) is 1. The first-order chi connectivity index (χ1) is 8.67. The fourth-order valence-electron chi connectivity index (χ4n) is 3.52. The zero-order chi connectivity index (χ0) is 12.8. The molecule has 3 rings (SSSR count). The number of carbonyl (C=O) groups excluding carboxylic acids is 1. The van der Waals surface area contributed by atoms with Gasteiger partial charge >= 0.3 is 6.03 Å². The highest BCUT2D eigenvalue weighted by Gasteiger charge is 2.59. The minimum atomic E-state index is 0.115. The van der Waals surface area contributed by atoms with Crippen molar-refractivity contribution in [2.24, 2.45) is 5.41 Å². The maximum atomic E-state index is 12.1. The van der Waals surface area contributed by atoms with E-state index in [2.05, 4.69) is 12.2 Å². The van der Waals surface area contributed by atoms with Crippen LogP contribution < -0.4 is 5.32 Å². The SMILES string of the molecule is CCO[C@H]1C[C@@H](NC(=O)N(C)C2CC2)C12CCC2. The Labute approximate surface area is 109 Å². The number of carbonyl (C=O) groups is 1. The van der Waals surface area contributed by atoms with Crippen LogP contribution in [0, 0.1) is 5.41 Å². The summed E-state index contributed by atoms with van der Waals surface area (Å²) in [7, 11) is 1.92. The lowest BCUT2D eigenvalue weighted by Crippen LogP contribution is -2.68. The highest BCUT2D eigenvalue weighted by molar-refractivity contribution is 5.75. The molecule has 1 spiro atoms. The number of amides is 2. The average molecular weight is 252 g/mol. The van der Waals surface area contributed by atoms with Crippen molar-refractivity contribution in [3.05, 3.63) is 0 Å². The van der Waals surface area contributed by atoms with E-state index in [1.165, 1.54) is 32.1 Å². The van der Waals surface area contributed by atoms with Crippen LogP contribution in [0.2, 0.25) is 0 Å². The maximum absolute atomic E-state index is 12.1. The van der Waals surface area contributed by atoms with Crippen molar-refractivity contribution in [1.82, 2.24) is 10.2 Å². The van der Waals surface area contributed by atoms with Gasteiger partial charge in [0.25, 0.3) is 0 Å². The van der Waals surface area contributed by atoms with Crippen LogP contribution in [-0.2, 0) is 4.74 Å². The Bertz CT molecular complexity index is 337. The number of hydrogen-bond acceptors (Lipinski definition) is 2. The van der Waals surface area contributed by atoms with Crippen molar-refractivity contribution < 1.29 is 9.53 Å². The molecular formula is C14H24N2O2. The maximum Gasteiger partial charge on any atom is 0.317 e. The smallest absolute Gasteiger partial charge is 0.317 e. The third-order valence-electron chi connectivity index (χ3n) is 5.15. The van der Waals surface area contributed by atoms with Crippen molar-refractivity contribution in [3.63, 3.8) is 0 Å². The summed E-state index contributed by atoms with van der Waals surface area (Å²) in [4.78, 5) is 14.0. The summed E-state index contributed by atoms with van der Waals surface area (Å²) in [5, 5.41) is 3.23. The second kappa shape index (κ2) is 4.41. The first kappa shape index (κ1) is 12.3. The molecule has 102 valence electrons. The molecule has 2 atom stereocenters. The first-order valence-electron chi connectivity index (χ1n) is 7.32. The summed E-state index contributed by atoms with van der Waals surface area (Å²) in [6.45, 7) is 2.84. The summed E-state index contributed by atoms with van der Waals surface area (Å²) in [6, 6.07) is 0.949. The fraction of sp³-hybridized carbons (Fsp3) is 0.929. The molecule has 3 fully saturated rings. The first-order valence-corrected chi connectivity index (χ1v) is 7.32. The number of hydrogen-bond donors (Lipinski definition) is 1. The Morgan fingerprint density at radius 2 is 2.17 bits per heavy atom. The molecule has 0 aromatic rings. The molecule has 3 aliphatic rings. The lowest BCUT2D eigenvalue weighted by Gasteiger charge is -2.61. The molecule has 0 unspecified atom stereocenters. The van der Waals surface area contributed by atoms with Crippen molar-refractivity contribution in [2.75, 3.05) is 13.7 Å². The number of nitrogens with zero attached hydrogens (tertiary/aromatic N) is 1. The van der Waals surface area contributed by atoms with Gasteiger partial charge in [-0.2, -0.15) is 0 Å². The largest absolute Gasteiger partial charge is 0.378 e. The van der Waals surface area contributed by atoms with Crippen LogP contribution in [-0.4, -0.2) is 42.8 Å². The lowest BCUT2D eigenvalue weighted by atomic mass is 9.51. The lowest BCUT2D eigenvalue weighted by molar-refractivity contribution is -0.169. The van der Waals surface area contributed by atoms with E-state index in [-0.39, 0.29) is 11.4 Å². The van der Waals surface area contributed by atoms with Crippen LogP contribution in [0.25, 0.3) is 0 Å². The van der Waals surface area contributed by atoms with Crippen LogP contribution >= 0.6 is 0 Å². The average Bonchev–Trinajstić information content (AvgIpc) is 3.07. The molecule has 0 saturated heterocycles. The Morgan fingerprint density at radius 1 is 1.44 bits per heavy atom. The van der Waals surface area contributed by atoms with E-state index in [4.69, 9.17) is 4.74 Å².